The van der Waals surface area contributed by atoms with Crippen molar-refractivity contribution in [3.8, 4) is 5.75 Å². The summed E-state index contributed by atoms with van der Waals surface area (Å²) in [6.07, 6.45) is 0.392. The first kappa shape index (κ1) is 19.2. The second kappa shape index (κ2) is 8.08. The van der Waals surface area contributed by atoms with Crippen molar-refractivity contribution in [3.63, 3.8) is 0 Å². The third kappa shape index (κ3) is 4.02. The largest absolute Gasteiger partial charge is 0.497 e. The Morgan fingerprint density at radius 2 is 1.93 bits per heavy atom. The number of aliphatic carboxylic acids is 1. The van der Waals surface area contributed by atoms with Crippen LogP contribution in [0.2, 0.25) is 0 Å². The number of hydrogen-bond acceptors (Lipinski definition) is 6. The maximum absolute atomic E-state index is 12.2. The third-order valence-electron chi connectivity index (χ3n) is 4.80. The van der Waals surface area contributed by atoms with Crippen LogP contribution in [0.25, 0.3) is 0 Å². The summed E-state index contributed by atoms with van der Waals surface area (Å²) >= 11 is 1.16. The number of carboxylic acid groups (broad SMARTS) is 1. The smallest absolute Gasteiger partial charge is 0.305 e. The minimum atomic E-state index is -1.02. The van der Waals surface area contributed by atoms with E-state index in [0.717, 1.165) is 34.3 Å². The maximum Gasteiger partial charge on any atom is 0.305 e. The number of carboxylic acids is 1. The molecule has 0 radical (unpaired) electrons. The van der Waals surface area contributed by atoms with E-state index in [1.165, 1.54) is 0 Å². The number of carbonyl (C=O) groups is 2. The third-order valence-corrected chi connectivity index (χ3v) is 5.94. The number of amides is 1. The minimum Gasteiger partial charge on any atom is -0.497 e. The molecule has 0 aliphatic carbocycles. The van der Waals surface area contributed by atoms with Crippen LogP contribution in [0.1, 0.15) is 30.0 Å². The number of hydrazone groups is 1. The Bertz CT molecular complexity index is 989. The topological polar surface area (TPSA) is 91.6 Å². The van der Waals surface area contributed by atoms with Gasteiger partial charge in [-0.15, -0.1) is 0 Å². The summed E-state index contributed by atoms with van der Waals surface area (Å²) in [7, 11) is 1.62. The van der Waals surface area contributed by atoms with Gasteiger partial charge in [-0.2, -0.15) is 10.1 Å². The van der Waals surface area contributed by atoms with Crippen LogP contribution < -0.4 is 4.74 Å². The normalized spacial score (nSPS) is 21.1. The molecule has 2 unspecified atom stereocenters. The molecule has 1 amide bonds. The highest BCUT2D eigenvalue weighted by molar-refractivity contribution is 8.15. The molecule has 2 atom stereocenters. The molecule has 0 bridgehead atoms. The lowest BCUT2D eigenvalue weighted by molar-refractivity contribution is -0.138. The number of rotatable bonds is 5. The van der Waals surface area contributed by atoms with Gasteiger partial charge in [-0.1, -0.05) is 42.1 Å². The van der Waals surface area contributed by atoms with Crippen molar-refractivity contribution in [2.45, 2.75) is 24.1 Å². The molecule has 148 valence electrons. The Hall–Kier alpha value is -3.13. The zero-order valence-electron chi connectivity index (χ0n) is 15.7. The fourth-order valence-corrected chi connectivity index (χ4v) is 4.40. The Morgan fingerprint density at radius 1 is 1.21 bits per heavy atom. The molecule has 0 saturated heterocycles. The van der Waals surface area contributed by atoms with E-state index in [9.17, 15) is 9.59 Å². The summed E-state index contributed by atoms with van der Waals surface area (Å²) in [5, 5.41) is 15.3. The van der Waals surface area contributed by atoms with E-state index >= 15 is 0 Å². The molecular weight excluding hydrogens is 390 g/mol. The van der Waals surface area contributed by atoms with Gasteiger partial charge in [0.15, 0.2) is 5.17 Å². The summed E-state index contributed by atoms with van der Waals surface area (Å²) < 4.78 is 5.22. The molecule has 7 nitrogen and oxygen atoms in total. The zero-order chi connectivity index (χ0) is 20.4. The molecule has 2 aliphatic rings. The molecule has 2 aromatic carbocycles. The fraction of sp³-hybridized carbons (Fsp3) is 0.238. The summed E-state index contributed by atoms with van der Waals surface area (Å²) in [5.74, 6) is -0.676. The highest BCUT2D eigenvalue weighted by Gasteiger charge is 2.39. The van der Waals surface area contributed by atoms with Gasteiger partial charge in [0.1, 0.15) is 11.0 Å². The van der Waals surface area contributed by atoms with Crippen molar-refractivity contribution in [3.05, 3.63) is 65.7 Å². The van der Waals surface area contributed by atoms with Crippen molar-refractivity contribution < 1.29 is 19.4 Å². The highest BCUT2D eigenvalue weighted by Crippen LogP contribution is 2.38. The number of amidine groups is 1. The Labute approximate surface area is 172 Å². The Kier molecular flexibility index (Phi) is 5.35. The molecule has 8 heteroatoms. The van der Waals surface area contributed by atoms with Crippen molar-refractivity contribution >= 4 is 34.5 Å². The average molecular weight is 409 g/mol. The van der Waals surface area contributed by atoms with Gasteiger partial charge in [-0.3, -0.25) is 9.59 Å². The number of nitrogens with zero attached hydrogens (tertiary/aromatic N) is 3. The standard InChI is InChI=1S/C21H19N3O4S/c1-28-15-9-7-13(8-10-15)16-11-17(14-5-3-2-4-6-14)24(23-16)21-22-20(27)18(29-21)12-19(25)26/h2-10,17-18H,11-12H2,1H3,(H,25,26). The number of ether oxygens (including phenoxy) is 1. The maximum atomic E-state index is 12.2. The monoisotopic (exact) mass is 409 g/mol. The minimum absolute atomic E-state index is 0.115. The van der Waals surface area contributed by atoms with Crippen LogP contribution in [0.4, 0.5) is 0 Å². The summed E-state index contributed by atoms with van der Waals surface area (Å²) in [6, 6.07) is 17.4. The Morgan fingerprint density at radius 3 is 2.59 bits per heavy atom. The van der Waals surface area contributed by atoms with E-state index in [1.54, 1.807) is 12.1 Å². The van der Waals surface area contributed by atoms with Gasteiger partial charge < -0.3 is 9.84 Å². The number of methoxy groups -OCH3 is 1. The summed E-state index contributed by atoms with van der Waals surface area (Å²) in [6.45, 7) is 0. The number of benzene rings is 2. The van der Waals surface area contributed by atoms with Crippen LogP contribution in [0.5, 0.6) is 5.75 Å². The van der Waals surface area contributed by atoms with E-state index < -0.39 is 17.1 Å². The predicted octanol–water partition coefficient (Wildman–Crippen LogP) is 3.32. The molecule has 29 heavy (non-hydrogen) atoms. The lowest BCUT2D eigenvalue weighted by Gasteiger charge is -2.23. The van der Waals surface area contributed by atoms with Crippen LogP contribution in [-0.2, 0) is 9.59 Å². The van der Waals surface area contributed by atoms with Crippen LogP contribution >= 0.6 is 11.8 Å². The van der Waals surface area contributed by atoms with Crippen molar-refractivity contribution in [2.24, 2.45) is 10.1 Å². The molecule has 2 heterocycles. The van der Waals surface area contributed by atoms with Gasteiger partial charge in [0.25, 0.3) is 5.91 Å². The second-order valence-corrected chi connectivity index (χ2v) is 7.86. The van der Waals surface area contributed by atoms with Crippen molar-refractivity contribution in [2.75, 3.05) is 7.11 Å². The first-order valence-corrected chi connectivity index (χ1v) is 10.00. The number of carbonyl (C=O) groups excluding carboxylic acids is 1. The number of aliphatic imine (C=N–C) groups is 1. The number of thioether (sulfide) groups is 1. The lowest BCUT2D eigenvalue weighted by atomic mass is 9.98. The SMILES string of the molecule is COc1ccc(C2=NN(C3=NC(=O)C(CC(=O)O)S3)C(c3ccccc3)C2)cc1. The summed E-state index contributed by atoms with van der Waals surface area (Å²) in [4.78, 5) is 27.3. The molecule has 0 saturated carbocycles. The molecule has 1 N–H and O–H groups in total. The summed E-state index contributed by atoms with van der Waals surface area (Å²) in [5.41, 5.74) is 2.89. The van der Waals surface area contributed by atoms with Crippen molar-refractivity contribution in [1.29, 1.82) is 0 Å². The second-order valence-electron chi connectivity index (χ2n) is 6.69. The molecular formula is C21H19N3O4S. The molecule has 2 aromatic rings. The molecule has 4 rings (SSSR count). The van der Waals surface area contributed by atoms with Crippen LogP contribution in [0, 0.1) is 0 Å². The van der Waals surface area contributed by atoms with E-state index in [2.05, 4.69) is 4.99 Å². The highest BCUT2D eigenvalue weighted by atomic mass is 32.2. The first-order valence-electron chi connectivity index (χ1n) is 9.12. The van der Waals surface area contributed by atoms with Crippen molar-refractivity contribution in [1.82, 2.24) is 5.01 Å². The van der Waals surface area contributed by atoms with Gasteiger partial charge in [-0.05, 0) is 35.4 Å². The molecule has 0 spiro atoms. The van der Waals surface area contributed by atoms with E-state index in [4.69, 9.17) is 14.9 Å². The van der Waals surface area contributed by atoms with Crippen LogP contribution in [0.3, 0.4) is 0 Å². The zero-order valence-corrected chi connectivity index (χ0v) is 16.5. The van der Waals surface area contributed by atoms with Gasteiger partial charge >= 0.3 is 5.97 Å². The van der Waals surface area contributed by atoms with Crippen LogP contribution in [-0.4, -0.2) is 45.2 Å². The van der Waals surface area contributed by atoms with Crippen LogP contribution in [0.15, 0.2) is 64.7 Å². The molecule has 0 aromatic heterocycles. The van der Waals surface area contributed by atoms with E-state index in [0.29, 0.717) is 11.6 Å². The predicted molar refractivity (Wildman–Crippen MR) is 111 cm³/mol. The Balaban J connectivity index is 1.65. The van der Waals surface area contributed by atoms with E-state index in [-0.39, 0.29) is 12.5 Å². The first-order chi connectivity index (χ1) is 14.0. The average Bonchev–Trinajstić information content (AvgIpc) is 3.32. The lowest BCUT2D eigenvalue weighted by Crippen LogP contribution is -2.24. The van der Waals surface area contributed by atoms with E-state index in [1.807, 2.05) is 54.6 Å². The van der Waals surface area contributed by atoms with Gasteiger partial charge in [0.05, 0.1) is 25.3 Å². The van der Waals surface area contributed by atoms with Gasteiger partial charge in [0.2, 0.25) is 0 Å². The quantitative estimate of drug-likeness (QED) is 0.815. The fourth-order valence-electron chi connectivity index (χ4n) is 3.34. The molecule has 2 aliphatic heterocycles. The van der Waals surface area contributed by atoms with Gasteiger partial charge in [0, 0.05) is 6.42 Å². The molecule has 0 fully saturated rings. The number of hydrogen-bond donors (Lipinski definition) is 1. The van der Waals surface area contributed by atoms with Gasteiger partial charge in [-0.25, -0.2) is 5.01 Å².